The normalized spacial score (nSPS) is 10.7. The molecule has 0 unspecified atom stereocenters. The molecule has 2 N–H and O–H groups in total. The highest BCUT2D eigenvalue weighted by Gasteiger charge is 2.18. The number of benzene rings is 3. The molecule has 0 saturated carbocycles. The molecule has 1 aromatic heterocycles. The third-order valence-electron chi connectivity index (χ3n) is 5.26. The molecule has 0 aliphatic rings. The van der Waals surface area contributed by atoms with Crippen LogP contribution in [0.25, 0.3) is 5.69 Å². The summed E-state index contributed by atoms with van der Waals surface area (Å²) in [6.45, 7) is 4.05. The minimum atomic E-state index is -0.731. The van der Waals surface area contributed by atoms with Gasteiger partial charge in [0.25, 0.3) is 5.91 Å². The van der Waals surface area contributed by atoms with E-state index in [-0.39, 0.29) is 11.3 Å². The molecule has 0 bridgehead atoms. The summed E-state index contributed by atoms with van der Waals surface area (Å²) < 4.78 is 15.7. The number of nitrogens with one attached hydrogen (secondary N) is 2. The lowest BCUT2D eigenvalue weighted by molar-refractivity contribution is -0.119. The predicted molar refractivity (Wildman–Crippen MR) is 133 cm³/mol. The molecule has 0 atom stereocenters. The van der Waals surface area contributed by atoms with Crippen molar-refractivity contribution in [1.82, 2.24) is 25.6 Å². The minimum absolute atomic E-state index is 0.0219. The third-order valence-corrected chi connectivity index (χ3v) is 6.19. The number of aromatic nitrogens is 3. The average molecular weight is 490 g/mol. The Bertz CT molecular complexity index is 1360. The SMILES string of the molecule is Cc1ccc(-n2c(Cc3ccccc3)nnc2SCC(=O)NNC(=O)c2ccccc2F)c(C)c1. The van der Waals surface area contributed by atoms with Crippen LogP contribution in [0.5, 0.6) is 0 Å². The van der Waals surface area contributed by atoms with Gasteiger partial charge in [-0.05, 0) is 43.2 Å². The number of nitrogens with zero attached hydrogens (tertiary/aromatic N) is 3. The highest BCUT2D eigenvalue weighted by molar-refractivity contribution is 7.99. The molecule has 0 saturated heterocycles. The van der Waals surface area contributed by atoms with E-state index in [9.17, 15) is 14.0 Å². The van der Waals surface area contributed by atoms with E-state index in [1.807, 2.05) is 60.9 Å². The van der Waals surface area contributed by atoms with Gasteiger partial charge in [0.05, 0.1) is 17.0 Å². The smallest absolute Gasteiger partial charge is 0.272 e. The second kappa shape index (κ2) is 11.0. The molecule has 3 aromatic carbocycles. The van der Waals surface area contributed by atoms with Crippen LogP contribution in [0, 0.1) is 19.7 Å². The molecule has 178 valence electrons. The fourth-order valence-corrected chi connectivity index (χ4v) is 4.35. The quantitative estimate of drug-likeness (QED) is 0.301. The van der Waals surface area contributed by atoms with Gasteiger partial charge >= 0.3 is 0 Å². The Morgan fingerprint density at radius 3 is 2.43 bits per heavy atom. The second-order valence-corrected chi connectivity index (χ2v) is 8.90. The Morgan fingerprint density at radius 2 is 1.69 bits per heavy atom. The maximum atomic E-state index is 13.8. The summed E-state index contributed by atoms with van der Waals surface area (Å²) in [6.07, 6.45) is 0.576. The molecule has 9 heteroatoms. The van der Waals surface area contributed by atoms with Crippen LogP contribution < -0.4 is 10.9 Å². The predicted octanol–water partition coefficient (Wildman–Crippen LogP) is 4.17. The van der Waals surface area contributed by atoms with Crippen molar-refractivity contribution in [2.45, 2.75) is 25.4 Å². The molecule has 0 fully saturated rings. The summed E-state index contributed by atoms with van der Waals surface area (Å²) in [5, 5.41) is 9.29. The van der Waals surface area contributed by atoms with Crippen molar-refractivity contribution in [3.05, 3.63) is 107 Å². The summed E-state index contributed by atoms with van der Waals surface area (Å²) in [4.78, 5) is 24.5. The number of hydrazine groups is 1. The number of halogens is 1. The number of carbonyl (C=O) groups excluding carboxylic acids is 2. The first-order valence-corrected chi connectivity index (χ1v) is 11.9. The molecule has 4 aromatic rings. The zero-order valence-corrected chi connectivity index (χ0v) is 20.1. The van der Waals surface area contributed by atoms with Crippen molar-refractivity contribution < 1.29 is 14.0 Å². The molecule has 0 aliphatic heterocycles. The van der Waals surface area contributed by atoms with Gasteiger partial charge in [-0.3, -0.25) is 25.0 Å². The average Bonchev–Trinajstić information content (AvgIpc) is 3.24. The largest absolute Gasteiger partial charge is 0.273 e. The lowest BCUT2D eigenvalue weighted by atomic mass is 10.1. The highest BCUT2D eigenvalue weighted by atomic mass is 32.2. The highest BCUT2D eigenvalue weighted by Crippen LogP contribution is 2.26. The number of carbonyl (C=O) groups is 2. The topological polar surface area (TPSA) is 88.9 Å². The molecular weight excluding hydrogens is 465 g/mol. The van der Waals surface area contributed by atoms with E-state index in [1.54, 1.807) is 6.07 Å². The molecular formula is C26H24FN5O2S. The van der Waals surface area contributed by atoms with Crippen molar-refractivity contribution >= 4 is 23.6 Å². The van der Waals surface area contributed by atoms with E-state index >= 15 is 0 Å². The monoisotopic (exact) mass is 489 g/mol. The van der Waals surface area contributed by atoms with Gasteiger partial charge in [0, 0.05) is 6.42 Å². The molecule has 2 amide bonds. The van der Waals surface area contributed by atoms with Crippen LogP contribution in [0.2, 0.25) is 0 Å². The Labute approximate surface area is 206 Å². The molecule has 7 nitrogen and oxygen atoms in total. The van der Waals surface area contributed by atoms with Crippen molar-refractivity contribution in [3.63, 3.8) is 0 Å². The van der Waals surface area contributed by atoms with E-state index in [0.717, 1.165) is 28.2 Å². The van der Waals surface area contributed by atoms with Gasteiger partial charge in [-0.15, -0.1) is 10.2 Å². The number of aryl methyl sites for hydroxylation is 2. The minimum Gasteiger partial charge on any atom is -0.273 e. The first-order valence-electron chi connectivity index (χ1n) is 10.9. The fourth-order valence-electron chi connectivity index (χ4n) is 3.59. The Morgan fingerprint density at radius 1 is 0.943 bits per heavy atom. The van der Waals surface area contributed by atoms with Crippen LogP contribution in [0.1, 0.15) is 32.9 Å². The van der Waals surface area contributed by atoms with Crippen molar-refractivity contribution in [2.75, 3.05) is 5.75 Å². The van der Waals surface area contributed by atoms with Crippen molar-refractivity contribution in [3.8, 4) is 5.69 Å². The van der Waals surface area contributed by atoms with E-state index in [2.05, 4.69) is 27.1 Å². The zero-order chi connectivity index (χ0) is 24.8. The Hall–Kier alpha value is -3.98. The summed E-state index contributed by atoms with van der Waals surface area (Å²) in [5.41, 5.74) is 8.63. The lowest BCUT2D eigenvalue weighted by Crippen LogP contribution is -2.42. The molecule has 0 aliphatic carbocycles. The van der Waals surface area contributed by atoms with Gasteiger partial charge in [0.15, 0.2) is 5.16 Å². The van der Waals surface area contributed by atoms with Gasteiger partial charge in [0.2, 0.25) is 5.91 Å². The van der Waals surface area contributed by atoms with Crippen LogP contribution in [0.15, 0.2) is 78.0 Å². The Kier molecular flexibility index (Phi) is 7.57. The zero-order valence-electron chi connectivity index (χ0n) is 19.3. The second-order valence-electron chi connectivity index (χ2n) is 7.96. The summed E-state index contributed by atoms with van der Waals surface area (Å²) >= 11 is 1.20. The third kappa shape index (κ3) is 5.93. The van der Waals surface area contributed by atoms with E-state index < -0.39 is 17.6 Å². The van der Waals surface area contributed by atoms with Crippen LogP contribution in [-0.4, -0.2) is 32.3 Å². The number of amides is 2. The molecule has 4 rings (SSSR count). The Balaban J connectivity index is 1.49. The fraction of sp³-hybridized carbons (Fsp3) is 0.154. The van der Waals surface area contributed by atoms with Crippen LogP contribution in [0.4, 0.5) is 4.39 Å². The molecule has 0 radical (unpaired) electrons. The summed E-state index contributed by atoms with van der Waals surface area (Å²) in [6, 6.07) is 21.6. The maximum absolute atomic E-state index is 13.8. The van der Waals surface area contributed by atoms with E-state index in [1.165, 1.54) is 30.0 Å². The van der Waals surface area contributed by atoms with Crippen LogP contribution in [-0.2, 0) is 11.2 Å². The van der Waals surface area contributed by atoms with Gasteiger partial charge in [0.1, 0.15) is 11.6 Å². The standard InChI is InChI=1S/C26H24FN5O2S/c1-17-12-13-22(18(2)14-17)32-23(15-19-8-4-3-5-9-19)28-31-26(32)35-16-24(33)29-30-25(34)20-10-6-7-11-21(20)27/h3-14H,15-16H2,1-2H3,(H,29,33)(H,30,34). The first-order chi connectivity index (χ1) is 16.9. The van der Waals surface area contributed by atoms with Crippen molar-refractivity contribution in [2.24, 2.45) is 0 Å². The summed E-state index contributed by atoms with van der Waals surface area (Å²) in [7, 11) is 0. The molecule has 35 heavy (non-hydrogen) atoms. The lowest BCUT2D eigenvalue weighted by Gasteiger charge is -2.14. The molecule has 0 spiro atoms. The van der Waals surface area contributed by atoms with Crippen LogP contribution in [0.3, 0.4) is 0 Å². The number of hydrogen-bond donors (Lipinski definition) is 2. The van der Waals surface area contributed by atoms with Gasteiger partial charge in [-0.25, -0.2) is 4.39 Å². The number of rotatable bonds is 7. The van der Waals surface area contributed by atoms with Gasteiger partial charge in [-0.2, -0.15) is 0 Å². The number of hydrogen-bond acceptors (Lipinski definition) is 5. The van der Waals surface area contributed by atoms with Crippen molar-refractivity contribution in [1.29, 1.82) is 0 Å². The van der Waals surface area contributed by atoms with Gasteiger partial charge < -0.3 is 0 Å². The first kappa shape index (κ1) is 24.2. The summed E-state index contributed by atoms with van der Waals surface area (Å²) in [5.74, 6) is -1.13. The van der Waals surface area contributed by atoms with Gasteiger partial charge in [-0.1, -0.05) is 71.9 Å². The molecule has 1 heterocycles. The number of thioether (sulfide) groups is 1. The maximum Gasteiger partial charge on any atom is 0.272 e. The van der Waals surface area contributed by atoms with E-state index in [4.69, 9.17) is 0 Å². The van der Waals surface area contributed by atoms with Crippen LogP contribution >= 0.6 is 11.8 Å². The van der Waals surface area contributed by atoms with E-state index in [0.29, 0.717) is 11.6 Å².